The second-order valence-corrected chi connectivity index (χ2v) is 4.07. The van der Waals surface area contributed by atoms with Crippen molar-refractivity contribution in [3.8, 4) is 0 Å². The monoisotopic (exact) mass is 181 g/mol. The molecule has 0 atom stereocenters. The summed E-state index contributed by atoms with van der Waals surface area (Å²) in [6, 6.07) is 0. The fraction of sp³-hybridized carbons (Fsp3) is 0.727. The summed E-state index contributed by atoms with van der Waals surface area (Å²) in [5, 5.41) is 3.30. The summed E-state index contributed by atoms with van der Waals surface area (Å²) in [5.74, 6) is 0.979. The topological polar surface area (TPSA) is 29.1 Å². The number of nitrogens with one attached hydrogen (secondary N) is 1. The highest BCUT2D eigenvalue weighted by Gasteiger charge is 2.16. The van der Waals surface area contributed by atoms with Crippen LogP contribution in [0.1, 0.15) is 32.6 Å². The summed E-state index contributed by atoms with van der Waals surface area (Å²) in [4.78, 5) is 11.4. The molecule has 2 nitrogen and oxygen atoms in total. The van der Waals surface area contributed by atoms with Gasteiger partial charge < -0.3 is 5.32 Å². The lowest BCUT2D eigenvalue weighted by Crippen LogP contribution is -2.28. The lowest BCUT2D eigenvalue weighted by molar-refractivity contribution is -0.119. The molecule has 1 N–H and O–H groups in total. The molecule has 1 aliphatic heterocycles. The number of piperidine rings is 1. The Balaban J connectivity index is 2.22. The van der Waals surface area contributed by atoms with Crippen LogP contribution in [0.5, 0.6) is 0 Å². The zero-order chi connectivity index (χ0) is 9.68. The average Bonchev–Trinajstić information content (AvgIpc) is 2.04. The first kappa shape index (κ1) is 10.5. The Morgan fingerprint density at radius 3 is 2.62 bits per heavy atom. The fourth-order valence-corrected chi connectivity index (χ4v) is 1.82. The summed E-state index contributed by atoms with van der Waals surface area (Å²) in [6.07, 6.45) is 3.64. The minimum atomic E-state index is 0.361. The lowest BCUT2D eigenvalue weighted by Gasteiger charge is -2.21. The van der Waals surface area contributed by atoms with Gasteiger partial charge in [-0.05, 0) is 38.8 Å². The maximum atomic E-state index is 11.4. The highest BCUT2D eigenvalue weighted by molar-refractivity contribution is 5.80. The molecular weight excluding hydrogens is 162 g/mol. The van der Waals surface area contributed by atoms with Crippen LogP contribution in [0.4, 0.5) is 0 Å². The van der Waals surface area contributed by atoms with Gasteiger partial charge in [-0.1, -0.05) is 12.2 Å². The Morgan fingerprint density at radius 2 is 2.08 bits per heavy atom. The van der Waals surface area contributed by atoms with Crippen molar-refractivity contribution in [2.45, 2.75) is 32.6 Å². The van der Waals surface area contributed by atoms with Gasteiger partial charge in [-0.2, -0.15) is 0 Å². The maximum Gasteiger partial charge on any atom is 0.137 e. The van der Waals surface area contributed by atoms with E-state index in [2.05, 4.69) is 11.9 Å². The molecule has 13 heavy (non-hydrogen) atoms. The van der Waals surface area contributed by atoms with Gasteiger partial charge in [0.05, 0.1) is 0 Å². The quantitative estimate of drug-likeness (QED) is 0.671. The van der Waals surface area contributed by atoms with E-state index in [-0.39, 0.29) is 0 Å². The molecule has 1 rings (SSSR count). The largest absolute Gasteiger partial charge is 0.317 e. The van der Waals surface area contributed by atoms with E-state index in [0.717, 1.165) is 37.9 Å². The van der Waals surface area contributed by atoms with Gasteiger partial charge in [0.15, 0.2) is 0 Å². The van der Waals surface area contributed by atoms with E-state index in [1.165, 1.54) is 0 Å². The number of rotatable bonds is 4. The van der Waals surface area contributed by atoms with Crippen LogP contribution in [0.25, 0.3) is 0 Å². The number of ketones is 1. The van der Waals surface area contributed by atoms with E-state index in [1.54, 1.807) is 0 Å². The first-order valence-corrected chi connectivity index (χ1v) is 5.05. The van der Waals surface area contributed by atoms with Gasteiger partial charge in [-0.3, -0.25) is 4.79 Å². The van der Waals surface area contributed by atoms with E-state index < -0.39 is 0 Å². The number of carbonyl (C=O) groups excluding carboxylic acids is 1. The molecule has 0 radical (unpaired) electrons. The van der Waals surface area contributed by atoms with Crippen molar-refractivity contribution in [2.24, 2.45) is 5.92 Å². The van der Waals surface area contributed by atoms with E-state index in [4.69, 9.17) is 0 Å². The molecule has 2 heteroatoms. The molecule has 1 heterocycles. The molecule has 1 aliphatic rings. The predicted molar refractivity (Wildman–Crippen MR) is 54.6 cm³/mol. The first-order valence-electron chi connectivity index (χ1n) is 5.05. The number of Topliss-reactive ketones (excluding diaryl/α,β-unsaturated/α-hetero) is 1. The molecule has 1 saturated heterocycles. The van der Waals surface area contributed by atoms with Crippen LogP contribution in [0, 0.1) is 5.92 Å². The normalized spacial score (nSPS) is 18.5. The minimum absolute atomic E-state index is 0.361. The summed E-state index contributed by atoms with van der Waals surface area (Å²) in [5.41, 5.74) is 0.985. The highest BCUT2D eigenvalue weighted by atomic mass is 16.1. The molecule has 0 spiro atoms. The Kier molecular flexibility index (Phi) is 4.16. The predicted octanol–water partition coefficient (Wildman–Crippen LogP) is 1.91. The van der Waals surface area contributed by atoms with Crippen LogP contribution in [0.2, 0.25) is 0 Å². The molecule has 0 bridgehead atoms. The van der Waals surface area contributed by atoms with E-state index in [1.807, 2.05) is 6.92 Å². The van der Waals surface area contributed by atoms with Crippen molar-refractivity contribution in [1.82, 2.24) is 5.32 Å². The molecule has 0 saturated carbocycles. The standard InChI is InChI=1S/C11H19NO/c1-9(2)7-11(13)8-10-3-5-12-6-4-10/h10,12H,1,3-8H2,2H3. The van der Waals surface area contributed by atoms with E-state index in [9.17, 15) is 4.79 Å². The third kappa shape index (κ3) is 4.23. The maximum absolute atomic E-state index is 11.4. The van der Waals surface area contributed by atoms with Crippen molar-refractivity contribution in [3.63, 3.8) is 0 Å². The van der Waals surface area contributed by atoms with Gasteiger partial charge in [0.1, 0.15) is 5.78 Å². The average molecular weight is 181 g/mol. The Bertz CT molecular complexity index is 192. The third-order valence-corrected chi connectivity index (χ3v) is 2.47. The van der Waals surface area contributed by atoms with Crippen LogP contribution in [0.15, 0.2) is 12.2 Å². The SMILES string of the molecule is C=C(C)CC(=O)CC1CCNCC1. The highest BCUT2D eigenvalue weighted by Crippen LogP contribution is 2.17. The molecule has 1 fully saturated rings. The van der Waals surface area contributed by atoms with E-state index >= 15 is 0 Å². The number of hydrogen-bond acceptors (Lipinski definition) is 2. The Labute approximate surface area is 80.4 Å². The van der Waals surface area contributed by atoms with Gasteiger partial charge >= 0.3 is 0 Å². The number of carbonyl (C=O) groups is 1. The van der Waals surface area contributed by atoms with E-state index in [0.29, 0.717) is 18.1 Å². The van der Waals surface area contributed by atoms with Crippen LogP contribution in [-0.2, 0) is 4.79 Å². The molecule has 0 aromatic heterocycles. The van der Waals surface area contributed by atoms with Gasteiger partial charge in [-0.15, -0.1) is 0 Å². The second kappa shape index (κ2) is 5.18. The molecule has 0 aromatic rings. The number of hydrogen-bond donors (Lipinski definition) is 1. The van der Waals surface area contributed by atoms with Crippen molar-refractivity contribution >= 4 is 5.78 Å². The Hall–Kier alpha value is -0.630. The zero-order valence-electron chi connectivity index (χ0n) is 8.44. The van der Waals surface area contributed by atoms with Crippen LogP contribution < -0.4 is 5.32 Å². The molecule has 0 amide bonds. The second-order valence-electron chi connectivity index (χ2n) is 4.07. The van der Waals surface area contributed by atoms with Crippen molar-refractivity contribution in [2.75, 3.05) is 13.1 Å². The molecular formula is C11H19NO. The smallest absolute Gasteiger partial charge is 0.137 e. The zero-order valence-corrected chi connectivity index (χ0v) is 8.44. The Morgan fingerprint density at radius 1 is 1.46 bits per heavy atom. The van der Waals surface area contributed by atoms with Crippen LogP contribution in [-0.4, -0.2) is 18.9 Å². The van der Waals surface area contributed by atoms with Crippen LogP contribution in [0.3, 0.4) is 0 Å². The van der Waals surface area contributed by atoms with Crippen molar-refractivity contribution < 1.29 is 4.79 Å². The van der Waals surface area contributed by atoms with Gasteiger partial charge in [-0.25, -0.2) is 0 Å². The van der Waals surface area contributed by atoms with Gasteiger partial charge in [0.2, 0.25) is 0 Å². The van der Waals surface area contributed by atoms with Gasteiger partial charge in [0, 0.05) is 12.8 Å². The summed E-state index contributed by atoms with van der Waals surface area (Å²) in [6.45, 7) is 7.82. The van der Waals surface area contributed by atoms with Crippen molar-refractivity contribution in [1.29, 1.82) is 0 Å². The molecule has 0 aromatic carbocycles. The van der Waals surface area contributed by atoms with Crippen molar-refractivity contribution in [3.05, 3.63) is 12.2 Å². The number of allylic oxidation sites excluding steroid dienone is 1. The minimum Gasteiger partial charge on any atom is -0.317 e. The molecule has 0 unspecified atom stereocenters. The first-order chi connectivity index (χ1) is 6.18. The van der Waals surface area contributed by atoms with Crippen LogP contribution >= 0.6 is 0 Å². The lowest BCUT2D eigenvalue weighted by atomic mass is 9.91. The fourth-order valence-electron chi connectivity index (χ4n) is 1.82. The summed E-state index contributed by atoms with van der Waals surface area (Å²) in [7, 11) is 0. The summed E-state index contributed by atoms with van der Waals surface area (Å²) >= 11 is 0. The summed E-state index contributed by atoms with van der Waals surface area (Å²) < 4.78 is 0. The van der Waals surface area contributed by atoms with Gasteiger partial charge in [0.25, 0.3) is 0 Å². The third-order valence-electron chi connectivity index (χ3n) is 2.47. The molecule has 74 valence electrons. The molecule has 0 aliphatic carbocycles.